The average molecular weight is 483 g/mol. The summed E-state index contributed by atoms with van der Waals surface area (Å²) >= 11 is 0. The second-order valence-electron chi connectivity index (χ2n) is 11.5. The van der Waals surface area contributed by atoms with Gasteiger partial charge in [0.2, 0.25) is 5.88 Å². The molecule has 0 N–H and O–H groups in total. The molecule has 5 heterocycles. The number of pyridine rings is 2. The normalized spacial score (nSPS) is 27.5. The van der Waals surface area contributed by atoms with Crippen LogP contribution in [-0.2, 0) is 14.1 Å². The van der Waals surface area contributed by atoms with E-state index in [9.17, 15) is 9.59 Å². The predicted octanol–water partition coefficient (Wildman–Crippen LogP) is 4.99. The Labute approximate surface area is 209 Å². The van der Waals surface area contributed by atoms with Crippen LogP contribution in [0.3, 0.4) is 0 Å². The number of fused-ring (bicyclic) bond motifs is 4. The second kappa shape index (κ2) is 6.81. The molecule has 1 saturated carbocycles. The molecule has 1 fully saturated rings. The van der Waals surface area contributed by atoms with E-state index in [4.69, 9.17) is 9.47 Å². The number of ether oxygens (including phenoxy) is 2. The lowest BCUT2D eigenvalue weighted by Crippen LogP contribution is -2.58. The first-order valence-electron chi connectivity index (χ1n) is 12.8. The average Bonchev–Trinajstić information content (AvgIpc) is 3.09. The predicted molar refractivity (Wildman–Crippen MR) is 140 cm³/mol. The van der Waals surface area contributed by atoms with Crippen molar-refractivity contribution in [3.05, 3.63) is 80.2 Å². The highest BCUT2D eigenvalue weighted by atomic mass is 16.5. The number of aryl methyl sites for hydroxylation is 2. The molecule has 0 spiro atoms. The lowest BCUT2D eigenvalue weighted by atomic mass is 9.56. The van der Waals surface area contributed by atoms with Gasteiger partial charge in [0.15, 0.2) is 5.43 Å². The fourth-order valence-corrected chi connectivity index (χ4v) is 7.56. The van der Waals surface area contributed by atoms with Gasteiger partial charge in [0.1, 0.15) is 17.0 Å². The van der Waals surface area contributed by atoms with Crippen molar-refractivity contribution in [1.29, 1.82) is 0 Å². The maximum atomic E-state index is 14.1. The van der Waals surface area contributed by atoms with Crippen molar-refractivity contribution in [2.75, 3.05) is 0 Å². The van der Waals surface area contributed by atoms with Crippen molar-refractivity contribution in [2.45, 2.75) is 56.7 Å². The topological polar surface area (TPSA) is 62.5 Å². The molecule has 2 aromatic heterocycles. The van der Waals surface area contributed by atoms with E-state index in [1.165, 1.54) is 0 Å². The highest BCUT2D eigenvalue weighted by Crippen LogP contribution is 2.63. The zero-order chi connectivity index (χ0) is 25.1. The highest BCUT2D eigenvalue weighted by molar-refractivity contribution is 5.87. The zero-order valence-corrected chi connectivity index (χ0v) is 21.3. The molecule has 0 radical (unpaired) electrons. The molecule has 3 aliphatic heterocycles. The first-order chi connectivity index (χ1) is 17.1. The first-order valence-corrected chi connectivity index (χ1v) is 12.8. The summed E-state index contributed by atoms with van der Waals surface area (Å²) in [5, 5.41) is 1.63. The third-order valence-corrected chi connectivity index (χ3v) is 9.16. The van der Waals surface area contributed by atoms with Gasteiger partial charge < -0.3 is 18.6 Å². The van der Waals surface area contributed by atoms with Crippen LogP contribution >= 0.6 is 0 Å². The van der Waals surface area contributed by atoms with Crippen molar-refractivity contribution in [1.82, 2.24) is 9.13 Å². The molecule has 8 rings (SSSR count). The summed E-state index contributed by atoms with van der Waals surface area (Å²) < 4.78 is 17.5. The zero-order valence-electron chi connectivity index (χ0n) is 21.3. The van der Waals surface area contributed by atoms with Crippen molar-refractivity contribution < 1.29 is 9.47 Å². The van der Waals surface area contributed by atoms with Crippen LogP contribution in [-0.4, -0.2) is 20.3 Å². The summed E-state index contributed by atoms with van der Waals surface area (Å²) in [6.07, 6.45) is 1.57. The van der Waals surface area contributed by atoms with Crippen LogP contribution in [0.15, 0.2) is 58.1 Å². The molecule has 184 valence electrons. The van der Waals surface area contributed by atoms with Gasteiger partial charge in [-0.1, -0.05) is 24.3 Å². The van der Waals surface area contributed by atoms with E-state index in [1.54, 1.807) is 4.57 Å². The van der Waals surface area contributed by atoms with Gasteiger partial charge in [-0.25, -0.2) is 0 Å². The Hall–Kier alpha value is -3.54. The molecular weight excluding hydrogens is 452 g/mol. The van der Waals surface area contributed by atoms with E-state index < -0.39 is 11.2 Å². The maximum Gasteiger partial charge on any atom is 0.258 e. The summed E-state index contributed by atoms with van der Waals surface area (Å²) in [7, 11) is 3.80. The Bertz CT molecular complexity index is 1730. The second-order valence-corrected chi connectivity index (χ2v) is 11.5. The van der Waals surface area contributed by atoms with Crippen molar-refractivity contribution in [3.63, 3.8) is 0 Å². The molecule has 4 aromatic rings. The number of aromatic nitrogens is 2. The van der Waals surface area contributed by atoms with E-state index >= 15 is 0 Å². The smallest absolute Gasteiger partial charge is 0.258 e. The fourth-order valence-electron chi connectivity index (χ4n) is 7.56. The summed E-state index contributed by atoms with van der Waals surface area (Å²) in [6.45, 7) is 6.33. The van der Waals surface area contributed by atoms with Gasteiger partial charge in [-0.2, -0.15) is 0 Å². The van der Waals surface area contributed by atoms with Crippen LogP contribution in [0, 0.1) is 5.92 Å². The molecule has 4 aliphatic rings. The molecule has 0 amide bonds. The Kier molecular flexibility index (Phi) is 4.11. The van der Waals surface area contributed by atoms with Crippen LogP contribution in [0.5, 0.6) is 11.6 Å². The lowest BCUT2D eigenvalue weighted by Gasteiger charge is -2.54. The number of benzene rings is 2. The molecule has 2 bridgehead atoms. The number of rotatable bonds is 0. The third-order valence-electron chi connectivity index (χ3n) is 9.16. The Morgan fingerprint density at radius 2 is 1.47 bits per heavy atom. The molecular formula is C30H30N2O4. The van der Waals surface area contributed by atoms with E-state index in [-0.39, 0.29) is 28.7 Å². The van der Waals surface area contributed by atoms with Crippen LogP contribution in [0.2, 0.25) is 0 Å². The van der Waals surface area contributed by atoms with Crippen molar-refractivity contribution in [2.24, 2.45) is 20.0 Å². The first kappa shape index (κ1) is 21.7. The Morgan fingerprint density at radius 3 is 2.19 bits per heavy atom. The quantitative estimate of drug-likeness (QED) is 0.354. The minimum Gasteiger partial charge on any atom is -0.486 e. The number of hydrogen-bond donors (Lipinski definition) is 0. The van der Waals surface area contributed by atoms with Crippen LogP contribution in [0.4, 0.5) is 0 Å². The summed E-state index contributed by atoms with van der Waals surface area (Å²) in [4.78, 5) is 28.0. The van der Waals surface area contributed by atoms with Crippen molar-refractivity contribution in [3.8, 4) is 11.6 Å². The molecule has 2 aromatic carbocycles. The molecule has 0 saturated heterocycles. The van der Waals surface area contributed by atoms with E-state index in [0.29, 0.717) is 22.6 Å². The van der Waals surface area contributed by atoms with Gasteiger partial charge in [0.05, 0.1) is 22.2 Å². The minimum atomic E-state index is -0.661. The summed E-state index contributed by atoms with van der Waals surface area (Å²) in [6, 6.07) is 15.6. The fraction of sp³-hybridized carbons (Fsp3) is 0.400. The van der Waals surface area contributed by atoms with E-state index in [0.717, 1.165) is 34.8 Å². The molecule has 36 heavy (non-hydrogen) atoms. The molecule has 4 unspecified atom stereocenters. The Morgan fingerprint density at radius 1 is 0.833 bits per heavy atom. The monoisotopic (exact) mass is 482 g/mol. The van der Waals surface area contributed by atoms with E-state index in [2.05, 4.69) is 20.8 Å². The van der Waals surface area contributed by atoms with Gasteiger partial charge in [-0.05, 0) is 57.9 Å². The SMILES string of the molecule is Cn1c2c(c(=O)c3ccccc31)C1C(C3CCC1(C)Oc1c3c(=O)n(C)c3ccccc13)C(C)(C)O2. The minimum absolute atomic E-state index is 0.00314. The van der Waals surface area contributed by atoms with Crippen LogP contribution < -0.4 is 20.5 Å². The maximum absolute atomic E-state index is 14.1. The van der Waals surface area contributed by atoms with Crippen LogP contribution in [0.1, 0.15) is 56.6 Å². The van der Waals surface area contributed by atoms with Gasteiger partial charge in [0, 0.05) is 42.6 Å². The lowest BCUT2D eigenvalue weighted by molar-refractivity contribution is -0.0829. The summed E-state index contributed by atoms with van der Waals surface area (Å²) in [5.74, 6) is 0.914. The molecule has 1 aliphatic carbocycles. The number of hydrogen-bond acceptors (Lipinski definition) is 4. The van der Waals surface area contributed by atoms with Gasteiger partial charge in [0.25, 0.3) is 5.56 Å². The molecule has 6 heteroatoms. The molecule has 4 atom stereocenters. The number of nitrogens with zero attached hydrogens (tertiary/aromatic N) is 2. The number of para-hydroxylation sites is 2. The largest absolute Gasteiger partial charge is 0.486 e. The Balaban J connectivity index is 1.60. The summed E-state index contributed by atoms with van der Waals surface area (Å²) in [5.41, 5.74) is 1.82. The van der Waals surface area contributed by atoms with Crippen molar-refractivity contribution >= 4 is 21.8 Å². The van der Waals surface area contributed by atoms with E-state index in [1.807, 2.05) is 67.2 Å². The van der Waals surface area contributed by atoms with Crippen LogP contribution in [0.25, 0.3) is 21.8 Å². The standard InChI is InChI=1S/C30H30N2O4/c1-29(2)23-18-14-15-30(3,35-26-17-11-7-9-13-20(17)31(4)27(34)21(18)26)24(23)22-25(33)16-10-6-8-12-19(16)32(5)28(22)36-29/h6-13,18,23-24H,14-15H2,1-5H3. The highest BCUT2D eigenvalue weighted by Gasteiger charge is 2.62. The van der Waals surface area contributed by atoms with Gasteiger partial charge in [-0.3, -0.25) is 9.59 Å². The van der Waals surface area contributed by atoms with Gasteiger partial charge >= 0.3 is 0 Å². The van der Waals surface area contributed by atoms with Gasteiger partial charge in [-0.15, -0.1) is 0 Å². The third kappa shape index (κ3) is 2.52. The molecule has 6 nitrogen and oxygen atoms in total.